The molecule has 2 nitrogen and oxygen atoms in total. The first kappa shape index (κ1) is 15.1. The Kier molecular flexibility index (Phi) is 4.55. The third-order valence-electron chi connectivity index (χ3n) is 3.71. The molecule has 0 unspecified atom stereocenters. The molecule has 0 saturated carbocycles. The highest BCUT2D eigenvalue weighted by Gasteiger charge is 2.09. The van der Waals surface area contributed by atoms with Gasteiger partial charge in [-0.05, 0) is 62.1 Å². The smallest absolute Gasteiger partial charge is 0.0493 e. The Labute approximate surface area is 128 Å². The molecule has 4 N–H and O–H groups in total. The van der Waals surface area contributed by atoms with Crippen molar-refractivity contribution in [3.8, 4) is 0 Å². The minimum absolute atomic E-state index is 0.866. The van der Waals surface area contributed by atoms with Crippen molar-refractivity contribution in [1.82, 2.24) is 0 Å². The quantitative estimate of drug-likeness (QED) is 0.626. The highest BCUT2D eigenvalue weighted by atomic mass is 33.1. The van der Waals surface area contributed by atoms with E-state index in [4.69, 9.17) is 11.5 Å². The first-order valence-corrected chi connectivity index (χ1v) is 8.62. The van der Waals surface area contributed by atoms with E-state index in [1.807, 2.05) is 0 Å². The Morgan fingerprint density at radius 2 is 1.00 bits per heavy atom. The molecule has 0 heterocycles. The normalized spacial score (nSPS) is 10.8. The summed E-state index contributed by atoms with van der Waals surface area (Å²) in [6.07, 6.45) is 0. The van der Waals surface area contributed by atoms with Crippen LogP contribution in [0.15, 0.2) is 34.1 Å². The third-order valence-corrected chi connectivity index (χ3v) is 6.19. The van der Waals surface area contributed by atoms with E-state index in [1.165, 1.54) is 11.1 Å². The highest BCUT2D eigenvalue weighted by molar-refractivity contribution is 8.76. The first-order valence-electron chi connectivity index (χ1n) is 6.47. The number of nitrogens with two attached hydrogens (primary N) is 2. The number of hydrogen-bond donors (Lipinski definition) is 2. The molecule has 0 aromatic heterocycles. The van der Waals surface area contributed by atoms with Crippen LogP contribution in [0.3, 0.4) is 0 Å². The predicted octanol–water partition coefficient (Wildman–Crippen LogP) is 4.88. The molecule has 0 bridgehead atoms. The summed E-state index contributed by atoms with van der Waals surface area (Å²) in [5.41, 5.74) is 18.8. The number of aryl methyl sites for hydroxylation is 2. The zero-order valence-corrected chi connectivity index (χ0v) is 13.9. The van der Waals surface area contributed by atoms with E-state index in [2.05, 4.69) is 52.0 Å². The predicted molar refractivity (Wildman–Crippen MR) is 92.4 cm³/mol. The van der Waals surface area contributed by atoms with E-state index in [1.54, 1.807) is 21.6 Å². The molecule has 0 atom stereocenters. The van der Waals surface area contributed by atoms with Crippen LogP contribution in [0.2, 0.25) is 0 Å². The van der Waals surface area contributed by atoms with Crippen LogP contribution < -0.4 is 11.5 Å². The van der Waals surface area contributed by atoms with Crippen LogP contribution in [0, 0.1) is 27.7 Å². The number of benzene rings is 2. The molecule has 0 spiro atoms. The molecular weight excluding hydrogens is 284 g/mol. The summed E-state index contributed by atoms with van der Waals surface area (Å²) in [5.74, 6) is 0. The van der Waals surface area contributed by atoms with Gasteiger partial charge in [-0.2, -0.15) is 0 Å². The fourth-order valence-corrected chi connectivity index (χ4v) is 4.18. The summed E-state index contributed by atoms with van der Waals surface area (Å²) < 4.78 is 0. The molecule has 0 aliphatic rings. The van der Waals surface area contributed by atoms with Crippen molar-refractivity contribution in [2.24, 2.45) is 0 Å². The molecular formula is C16H20N2S2. The maximum atomic E-state index is 6.17. The number of hydrogen-bond acceptors (Lipinski definition) is 4. The van der Waals surface area contributed by atoms with Gasteiger partial charge in [-0.1, -0.05) is 33.7 Å². The van der Waals surface area contributed by atoms with Gasteiger partial charge in [-0.3, -0.25) is 0 Å². The largest absolute Gasteiger partial charge is 0.398 e. The maximum absolute atomic E-state index is 6.17. The van der Waals surface area contributed by atoms with Crippen molar-refractivity contribution < 1.29 is 0 Å². The topological polar surface area (TPSA) is 52.0 Å². The summed E-state index contributed by atoms with van der Waals surface area (Å²) in [6, 6.07) is 8.37. The van der Waals surface area contributed by atoms with Gasteiger partial charge in [0.1, 0.15) is 0 Å². The second-order valence-corrected chi connectivity index (χ2v) is 7.22. The maximum Gasteiger partial charge on any atom is 0.0493 e. The monoisotopic (exact) mass is 304 g/mol. The Hall–Kier alpha value is -1.26. The lowest BCUT2D eigenvalue weighted by Gasteiger charge is -2.12. The lowest BCUT2D eigenvalue weighted by Crippen LogP contribution is -1.95. The average Bonchev–Trinajstić information content (AvgIpc) is 2.43. The standard InChI is InChI=1S/C16H20N2S2/c1-9-5-7-13(15(17)11(9)3)19-20-14-8-6-10(2)12(4)16(14)18/h5-8H,17-18H2,1-4H3. The van der Waals surface area contributed by atoms with Gasteiger partial charge in [0.25, 0.3) is 0 Å². The van der Waals surface area contributed by atoms with Crippen molar-refractivity contribution in [2.75, 3.05) is 11.5 Å². The molecule has 0 amide bonds. The van der Waals surface area contributed by atoms with E-state index in [0.29, 0.717) is 0 Å². The Bertz CT molecular complexity index is 594. The molecule has 0 saturated heterocycles. The zero-order valence-electron chi connectivity index (χ0n) is 12.3. The second kappa shape index (κ2) is 6.02. The van der Waals surface area contributed by atoms with E-state index in [0.717, 1.165) is 32.3 Å². The third kappa shape index (κ3) is 2.91. The number of rotatable bonds is 3. The van der Waals surface area contributed by atoms with Gasteiger partial charge >= 0.3 is 0 Å². The van der Waals surface area contributed by atoms with Gasteiger partial charge < -0.3 is 11.5 Å². The van der Waals surface area contributed by atoms with Crippen LogP contribution in [0.25, 0.3) is 0 Å². The summed E-state index contributed by atoms with van der Waals surface area (Å²) in [5, 5.41) is 0. The number of nitrogen functional groups attached to an aromatic ring is 2. The van der Waals surface area contributed by atoms with Crippen molar-refractivity contribution in [2.45, 2.75) is 37.5 Å². The lowest BCUT2D eigenvalue weighted by atomic mass is 10.1. The summed E-state index contributed by atoms with van der Waals surface area (Å²) in [4.78, 5) is 2.19. The van der Waals surface area contributed by atoms with Crippen molar-refractivity contribution in [3.63, 3.8) is 0 Å². The van der Waals surface area contributed by atoms with Gasteiger partial charge in [-0.15, -0.1) is 0 Å². The van der Waals surface area contributed by atoms with Crippen molar-refractivity contribution in [1.29, 1.82) is 0 Å². The van der Waals surface area contributed by atoms with Crippen LogP contribution >= 0.6 is 21.6 Å². The van der Waals surface area contributed by atoms with Gasteiger partial charge in [0.2, 0.25) is 0 Å². The second-order valence-electron chi connectivity index (χ2n) is 5.01. The zero-order chi connectivity index (χ0) is 14.9. The Morgan fingerprint density at radius 3 is 1.35 bits per heavy atom. The van der Waals surface area contributed by atoms with E-state index < -0.39 is 0 Å². The molecule has 20 heavy (non-hydrogen) atoms. The molecule has 4 heteroatoms. The molecule has 0 aliphatic carbocycles. The highest BCUT2D eigenvalue weighted by Crippen LogP contribution is 2.44. The minimum Gasteiger partial charge on any atom is -0.398 e. The van der Waals surface area contributed by atoms with Crippen LogP contribution in [0.1, 0.15) is 22.3 Å². The van der Waals surface area contributed by atoms with E-state index in [9.17, 15) is 0 Å². The van der Waals surface area contributed by atoms with Crippen LogP contribution in [-0.4, -0.2) is 0 Å². The fourth-order valence-electron chi connectivity index (χ4n) is 1.86. The van der Waals surface area contributed by atoms with Crippen molar-refractivity contribution >= 4 is 33.0 Å². The lowest BCUT2D eigenvalue weighted by molar-refractivity contribution is 1.29. The van der Waals surface area contributed by atoms with Gasteiger partial charge in [0.05, 0.1) is 0 Å². The van der Waals surface area contributed by atoms with Gasteiger partial charge in [0.15, 0.2) is 0 Å². The van der Waals surface area contributed by atoms with Crippen LogP contribution in [-0.2, 0) is 0 Å². The van der Waals surface area contributed by atoms with E-state index >= 15 is 0 Å². The SMILES string of the molecule is Cc1ccc(SSc2ccc(C)c(C)c2N)c(N)c1C. The molecule has 0 fully saturated rings. The minimum atomic E-state index is 0.866. The van der Waals surface area contributed by atoms with Crippen LogP contribution in [0.5, 0.6) is 0 Å². The first-order chi connectivity index (χ1) is 9.41. The summed E-state index contributed by atoms with van der Waals surface area (Å²) in [7, 11) is 3.33. The summed E-state index contributed by atoms with van der Waals surface area (Å²) >= 11 is 0. The molecule has 106 valence electrons. The number of anilines is 2. The van der Waals surface area contributed by atoms with Gasteiger partial charge in [0, 0.05) is 21.2 Å². The fraction of sp³-hybridized carbons (Fsp3) is 0.250. The summed E-state index contributed by atoms with van der Waals surface area (Å²) in [6.45, 7) is 8.27. The Balaban J connectivity index is 2.22. The molecule has 0 radical (unpaired) electrons. The average molecular weight is 304 g/mol. The van der Waals surface area contributed by atoms with Gasteiger partial charge in [-0.25, -0.2) is 0 Å². The van der Waals surface area contributed by atoms with Crippen LogP contribution in [0.4, 0.5) is 11.4 Å². The molecule has 2 aromatic carbocycles. The Morgan fingerprint density at radius 1 is 0.650 bits per heavy atom. The molecule has 2 rings (SSSR count). The van der Waals surface area contributed by atoms with E-state index in [-0.39, 0.29) is 0 Å². The molecule has 0 aliphatic heterocycles. The van der Waals surface area contributed by atoms with Crippen molar-refractivity contribution in [3.05, 3.63) is 46.5 Å². The molecule has 2 aromatic rings.